The lowest BCUT2D eigenvalue weighted by molar-refractivity contribution is -0.274. The first-order valence-electron chi connectivity index (χ1n) is 7.93. The SMILES string of the molecule is COC(CNC(N)=NCc1ccc(OC(F)(F)F)cc1)c1ccc(F)cc1. The molecule has 0 aliphatic carbocycles. The van der Waals surface area contributed by atoms with Crippen molar-refractivity contribution < 1.29 is 27.0 Å². The van der Waals surface area contributed by atoms with Crippen molar-refractivity contribution in [3.63, 3.8) is 0 Å². The minimum Gasteiger partial charge on any atom is -0.406 e. The van der Waals surface area contributed by atoms with E-state index < -0.39 is 6.36 Å². The summed E-state index contributed by atoms with van der Waals surface area (Å²) in [6.07, 6.45) is -5.07. The molecule has 0 heterocycles. The molecule has 0 saturated carbocycles. The topological polar surface area (TPSA) is 68.9 Å². The number of halogens is 4. The van der Waals surface area contributed by atoms with Crippen LogP contribution >= 0.6 is 0 Å². The number of hydrogen-bond acceptors (Lipinski definition) is 3. The van der Waals surface area contributed by atoms with E-state index in [4.69, 9.17) is 10.5 Å². The van der Waals surface area contributed by atoms with Crippen molar-refractivity contribution in [3.05, 3.63) is 65.5 Å². The molecule has 0 spiro atoms. The molecule has 146 valence electrons. The van der Waals surface area contributed by atoms with Gasteiger partial charge in [0.2, 0.25) is 0 Å². The summed E-state index contributed by atoms with van der Waals surface area (Å²) in [5.74, 6) is -0.493. The third kappa shape index (κ3) is 7.14. The predicted molar refractivity (Wildman–Crippen MR) is 92.6 cm³/mol. The van der Waals surface area contributed by atoms with Crippen LogP contribution in [0.2, 0.25) is 0 Å². The second-order valence-corrected chi connectivity index (χ2v) is 5.55. The van der Waals surface area contributed by atoms with Crippen LogP contribution in [0.1, 0.15) is 17.2 Å². The molecule has 0 amide bonds. The lowest BCUT2D eigenvalue weighted by Crippen LogP contribution is -2.35. The second-order valence-electron chi connectivity index (χ2n) is 5.55. The Morgan fingerprint density at radius 2 is 1.74 bits per heavy atom. The monoisotopic (exact) mass is 385 g/mol. The molecule has 5 nitrogen and oxygen atoms in total. The van der Waals surface area contributed by atoms with Crippen molar-refractivity contribution in [3.8, 4) is 5.75 Å². The maximum Gasteiger partial charge on any atom is 0.573 e. The standard InChI is InChI=1S/C18H19F4N3O2/c1-26-16(13-4-6-14(19)7-5-13)11-25-17(23)24-10-12-2-8-15(9-3-12)27-18(20,21)22/h2-9,16H,10-11H2,1H3,(H3,23,24,25). The first kappa shape index (κ1) is 20.5. The van der Waals surface area contributed by atoms with Gasteiger partial charge in [-0.05, 0) is 35.4 Å². The van der Waals surface area contributed by atoms with E-state index in [9.17, 15) is 17.6 Å². The van der Waals surface area contributed by atoms with Crippen LogP contribution in [-0.2, 0) is 11.3 Å². The third-order valence-corrected chi connectivity index (χ3v) is 3.58. The number of nitrogens with zero attached hydrogens (tertiary/aromatic N) is 1. The van der Waals surface area contributed by atoms with Crippen LogP contribution in [0.3, 0.4) is 0 Å². The maximum atomic E-state index is 13.0. The van der Waals surface area contributed by atoms with Gasteiger partial charge in [-0.2, -0.15) is 0 Å². The minimum absolute atomic E-state index is 0.148. The number of alkyl halides is 3. The fourth-order valence-corrected chi connectivity index (χ4v) is 2.24. The van der Waals surface area contributed by atoms with Crippen LogP contribution in [-0.4, -0.2) is 26.0 Å². The highest BCUT2D eigenvalue weighted by molar-refractivity contribution is 5.77. The largest absolute Gasteiger partial charge is 0.573 e. The van der Waals surface area contributed by atoms with Crippen molar-refractivity contribution >= 4 is 5.96 Å². The summed E-state index contributed by atoms with van der Waals surface area (Å²) in [6, 6.07) is 11.2. The number of nitrogens with two attached hydrogens (primary N) is 1. The zero-order valence-corrected chi connectivity index (χ0v) is 14.5. The fraction of sp³-hybridized carbons (Fsp3) is 0.278. The Morgan fingerprint density at radius 3 is 2.30 bits per heavy atom. The van der Waals surface area contributed by atoms with Crippen LogP contribution in [0, 0.1) is 5.82 Å². The Bertz CT molecular complexity index is 747. The van der Waals surface area contributed by atoms with Gasteiger partial charge in [-0.15, -0.1) is 13.2 Å². The molecule has 0 saturated heterocycles. The van der Waals surface area contributed by atoms with E-state index in [1.165, 1.54) is 43.5 Å². The molecule has 1 atom stereocenters. The van der Waals surface area contributed by atoms with Crippen molar-refractivity contribution in [2.75, 3.05) is 13.7 Å². The number of guanidine groups is 1. The minimum atomic E-state index is -4.73. The Balaban J connectivity index is 1.87. The highest BCUT2D eigenvalue weighted by atomic mass is 19.4. The smallest absolute Gasteiger partial charge is 0.406 e. The first-order valence-corrected chi connectivity index (χ1v) is 7.93. The Morgan fingerprint density at radius 1 is 1.11 bits per heavy atom. The van der Waals surface area contributed by atoms with Crippen molar-refractivity contribution in [2.45, 2.75) is 19.0 Å². The molecule has 0 aliphatic heterocycles. The van der Waals surface area contributed by atoms with Gasteiger partial charge in [0.05, 0.1) is 12.6 Å². The lowest BCUT2D eigenvalue weighted by Gasteiger charge is -2.17. The van der Waals surface area contributed by atoms with E-state index in [0.717, 1.165) is 5.56 Å². The average molecular weight is 385 g/mol. The van der Waals surface area contributed by atoms with E-state index >= 15 is 0 Å². The van der Waals surface area contributed by atoms with Crippen molar-refractivity contribution in [1.29, 1.82) is 0 Å². The molecule has 3 N–H and O–H groups in total. The molecule has 27 heavy (non-hydrogen) atoms. The molecule has 0 aromatic heterocycles. The van der Waals surface area contributed by atoms with Crippen LogP contribution in [0.4, 0.5) is 17.6 Å². The summed E-state index contributed by atoms with van der Waals surface area (Å²) in [7, 11) is 1.52. The van der Waals surface area contributed by atoms with E-state index in [2.05, 4.69) is 15.0 Å². The molecule has 0 fully saturated rings. The van der Waals surface area contributed by atoms with Crippen molar-refractivity contribution in [1.82, 2.24) is 5.32 Å². The van der Waals surface area contributed by atoms with Gasteiger partial charge in [0, 0.05) is 13.7 Å². The van der Waals surface area contributed by atoms with Crippen LogP contribution < -0.4 is 15.8 Å². The van der Waals surface area contributed by atoms with Crippen LogP contribution in [0.25, 0.3) is 0 Å². The lowest BCUT2D eigenvalue weighted by atomic mass is 10.1. The van der Waals surface area contributed by atoms with Gasteiger partial charge in [0.1, 0.15) is 11.6 Å². The van der Waals surface area contributed by atoms with Gasteiger partial charge >= 0.3 is 6.36 Å². The summed E-state index contributed by atoms with van der Waals surface area (Å²) < 4.78 is 58.5. The quantitative estimate of drug-likeness (QED) is 0.435. The molecular formula is C18H19F4N3O2. The normalized spacial score (nSPS) is 13.3. The molecule has 2 rings (SSSR count). The predicted octanol–water partition coefficient (Wildman–Crippen LogP) is 3.52. The van der Waals surface area contributed by atoms with Crippen LogP contribution in [0.15, 0.2) is 53.5 Å². The molecule has 0 radical (unpaired) electrons. The summed E-state index contributed by atoms with van der Waals surface area (Å²) in [5.41, 5.74) is 7.23. The number of rotatable bonds is 7. The Labute approximate surface area is 153 Å². The number of aliphatic imine (C=N–C) groups is 1. The van der Waals surface area contributed by atoms with Crippen LogP contribution in [0.5, 0.6) is 5.75 Å². The second kappa shape index (κ2) is 9.22. The zero-order chi connectivity index (χ0) is 19.9. The molecule has 1 unspecified atom stereocenters. The molecule has 2 aromatic carbocycles. The molecule has 0 bridgehead atoms. The van der Waals surface area contributed by atoms with Gasteiger partial charge in [0.25, 0.3) is 0 Å². The zero-order valence-electron chi connectivity index (χ0n) is 14.5. The van der Waals surface area contributed by atoms with Gasteiger partial charge in [-0.25, -0.2) is 9.38 Å². The summed E-state index contributed by atoms with van der Waals surface area (Å²) in [6.45, 7) is 0.495. The summed E-state index contributed by atoms with van der Waals surface area (Å²) >= 11 is 0. The van der Waals surface area contributed by atoms with Gasteiger partial charge in [0.15, 0.2) is 5.96 Å². The number of methoxy groups -OCH3 is 1. The Kier molecular flexibility index (Phi) is 7.00. The first-order chi connectivity index (χ1) is 12.8. The van der Waals surface area contributed by atoms with E-state index in [-0.39, 0.29) is 30.2 Å². The Hall–Kier alpha value is -2.81. The summed E-state index contributed by atoms with van der Waals surface area (Å²) in [5, 5.41) is 2.90. The molecule has 2 aromatic rings. The van der Waals surface area contributed by atoms with Gasteiger partial charge in [-0.1, -0.05) is 24.3 Å². The number of ether oxygens (including phenoxy) is 2. The number of benzene rings is 2. The fourth-order valence-electron chi connectivity index (χ4n) is 2.24. The van der Waals surface area contributed by atoms with E-state index in [1.807, 2.05) is 0 Å². The van der Waals surface area contributed by atoms with Crippen molar-refractivity contribution in [2.24, 2.45) is 10.7 Å². The number of hydrogen-bond donors (Lipinski definition) is 2. The van der Waals surface area contributed by atoms with E-state index in [0.29, 0.717) is 12.1 Å². The number of nitrogens with one attached hydrogen (secondary N) is 1. The molecule has 9 heteroatoms. The van der Waals surface area contributed by atoms with Gasteiger partial charge < -0.3 is 20.5 Å². The van der Waals surface area contributed by atoms with E-state index in [1.54, 1.807) is 12.1 Å². The highest BCUT2D eigenvalue weighted by Crippen LogP contribution is 2.22. The summed E-state index contributed by atoms with van der Waals surface area (Å²) in [4.78, 5) is 4.12. The maximum absolute atomic E-state index is 13.0. The van der Waals surface area contributed by atoms with Gasteiger partial charge in [-0.3, -0.25) is 0 Å². The molecule has 0 aliphatic rings. The third-order valence-electron chi connectivity index (χ3n) is 3.58. The highest BCUT2D eigenvalue weighted by Gasteiger charge is 2.30. The molecular weight excluding hydrogens is 366 g/mol. The average Bonchev–Trinajstić information content (AvgIpc) is 2.62.